The first-order valence-corrected chi connectivity index (χ1v) is 4.03. The lowest BCUT2D eigenvalue weighted by molar-refractivity contribution is 0.0697. The van der Waals surface area contributed by atoms with E-state index >= 15 is 0 Å². The van der Waals surface area contributed by atoms with E-state index in [1.165, 1.54) is 6.07 Å². The van der Waals surface area contributed by atoms with Gasteiger partial charge in [0.2, 0.25) is 0 Å². The lowest BCUT2D eigenvalue weighted by Gasteiger charge is -2.00. The molecule has 0 aliphatic heterocycles. The van der Waals surface area contributed by atoms with Gasteiger partial charge in [0.25, 0.3) is 0 Å². The standard InChI is InChI=1S/C7H4BrN3O2/c8-4-2-1-3-5(10-11-9)6(4)7(12)13/h1-3H,(H,12,13). The highest BCUT2D eigenvalue weighted by Gasteiger charge is 2.11. The van der Waals surface area contributed by atoms with Crippen LogP contribution < -0.4 is 0 Å². The summed E-state index contributed by atoms with van der Waals surface area (Å²) in [6.45, 7) is 0. The van der Waals surface area contributed by atoms with Gasteiger partial charge in [0.1, 0.15) is 0 Å². The van der Waals surface area contributed by atoms with E-state index in [9.17, 15) is 4.79 Å². The van der Waals surface area contributed by atoms with Crippen molar-refractivity contribution in [3.05, 3.63) is 38.7 Å². The zero-order chi connectivity index (χ0) is 9.84. The van der Waals surface area contributed by atoms with Gasteiger partial charge >= 0.3 is 5.97 Å². The molecule has 0 aliphatic carbocycles. The van der Waals surface area contributed by atoms with Crippen LogP contribution in [0.1, 0.15) is 10.4 Å². The molecule has 1 aromatic carbocycles. The van der Waals surface area contributed by atoms with E-state index in [1.54, 1.807) is 12.1 Å². The zero-order valence-electron chi connectivity index (χ0n) is 6.31. The topological polar surface area (TPSA) is 86.1 Å². The van der Waals surface area contributed by atoms with Crippen LogP contribution in [0.25, 0.3) is 10.4 Å². The maximum atomic E-state index is 10.7. The second kappa shape index (κ2) is 3.93. The molecule has 1 aromatic rings. The normalized spacial score (nSPS) is 9.00. The van der Waals surface area contributed by atoms with Gasteiger partial charge in [-0.2, -0.15) is 0 Å². The fourth-order valence-corrected chi connectivity index (χ4v) is 1.38. The molecule has 13 heavy (non-hydrogen) atoms. The van der Waals surface area contributed by atoms with Crippen LogP contribution in [0.5, 0.6) is 0 Å². The first kappa shape index (κ1) is 9.57. The summed E-state index contributed by atoms with van der Waals surface area (Å²) in [7, 11) is 0. The molecule has 1 rings (SSSR count). The molecular weight excluding hydrogens is 238 g/mol. The fourth-order valence-electron chi connectivity index (χ4n) is 0.856. The van der Waals surface area contributed by atoms with E-state index < -0.39 is 5.97 Å². The third-order valence-electron chi connectivity index (χ3n) is 1.36. The van der Waals surface area contributed by atoms with Gasteiger partial charge in [0.15, 0.2) is 0 Å². The number of carbonyl (C=O) groups is 1. The van der Waals surface area contributed by atoms with Gasteiger partial charge in [0, 0.05) is 9.38 Å². The SMILES string of the molecule is [N-]=[N+]=Nc1cccc(Br)c1C(=O)O. The van der Waals surface area contributed by atoms with Crippen LogP contribution in [-0.4, -0.2) is 11.1 Å². The molecule has 1 N–H and O–H groups in total. The van der Waals surface area contributed by atoms with Gasteiger partial charge in [-0.3, -0.25) is 0 Å². The smallest absolute Gasteiger partial charge is 0.337 e. The molecule has 0 aromatic heterocycles. The van der Waals surface area contributed by atoms with E-state index in [0.717, 1.165) is 0 Å². The molecule has 0 heterocycles. The van der Waals surface area contributed by atoms with Crippen molar-refractivity contribution in [2.45, 2.75) is 0 Å². The van der Waals surface area contributed by atoms with Crippen LogP contribution in [0.4, 0.5) is 5.69 Å². The number of hydrogen-bond donors (Lipinski definition) is 1. The number of carboxylic acids is 1. The fraction of sp³-hybridized carbons (Fsp3) is 0. The second-order valence-corrected chi connectivity index (χ2v) is 2.98. The van der Waals surface area contributed by atoms with Gasteiger partial charge in [-0.1, -0.05) is 17.2 Å². The second-order valence-electron chi connectivity index (χ2n) is 2.13. The average Bonchev–Trinajstić information content (AvgIpc) is 2.04. The van der Waals surface area contributed by atoms with Crippen LogP contribution in [0.2, 0.25) is 0 Å². The van der Waals surface area contributed by atoms with Gasteiger partial charge in [-0.25, -0.2) is 4.79 Å². The summed E-state index contributed by atoms with van der Waals surface area (Å²) < 4.78 is 0.393. The lowest BCUT2D eigenvalue weighted by atomic mass is 10.2. The Hall–Kier alpha value is -1.52. The minimum absolute atomic E-state index is 0.0275. The number of carboxylic acid groups (broad SMARTS) is 1. The maximum Gasteiger partial charge on any atom is 0.337 e. The third kappa shape index (κ3) is 1.99. The third-order valence-corrected chi connectivity index (χ3v) is 2.02. The predicted molar refractivity (Wildman–Crippen MR) is 49.9 cm³/mol. The Morgan fingerprint density at radius 2 is 2.31 bits per heavy atom. The van der Waals surface area contributed by atoms with Crippen LogP contribution in [0.3, 0.4) is 0 Å². The van der Waals surface area contributed by atoms with Crippen molar-refractivity contribution in [3.8, 4) is 0 Å². The molecule has 0 atom stereocenters. The zero-order valence-corrected chi connectivity index (χ0v) is 7.89. The maximum absolute atomic E-state index is 10.7. The Morgan fingerprint density at radius 3 is 2.85 bits per heavy atom. The molecule has 0 saturated heterocycles. The largest absolute Gasteiger partial charge is 0.478 e. The summed E-state index contributed by atoms with van der Waals surface area (Å²) in [5, 5.41) is 12.0. The van der Waals surface area contributed by atoms with E-state index in [1.807, 2.05) is 0 Å². The highest BCUT2D eigenvalue weighted by Crippen LogP contribution is 2.26. The van der Waals surface area contributed by atoms with E-state index in [-0.39, 0.29) is 11.3 Å². The molecule has 0 bridgehead atoms. The molecule has 0 spiro atoms. The Kier molecular flexibility index (Phi) is 2.89. The average molecular weight is 242 g/mol. The first-order valence-electron chi connectivity index (χ1n) is 3.23. The molecule has 66 valence electrons. The van der Waals surface area contributed by atoms with Crippen LogP contribution in [0.15, 0.2) is 27.8 Å². The quantitative estimate of drug-likeness (QED) is 0.490. The highest BCUT2D eigenvalue weighted by molar-refractivity contribution is 9.10. The van der Waals surface area contributed by atoms with Crippen LogP contribution >= 0.6 is 15.9 Å². The predicted octanol–water partition coefficient (Wildman–Crippen LogP) is 3.09. The van der Waals surface area contributed by atoms with Gasteiger partial charge < -0.3 is 5.11 Å². The summed E-state index contributed by atoms with van der Waals surface area (Å²) in [6, 6.07) is 4.61. The van der Waals surface area contributed by atoms with Crippen LogP contribution in [-0.2, 0) is 0 Å². The Morgan fingerprint density at radius 1 is 1.62 bits per heavy atom. The molecule has 0 unspecified atom stereocenters. The van der Waals surface area contributed by atoms with E-state index in [2.05, 4.69) is 26.0 Å². The van der Waals surface area contributed by atoms with Crippen molar-refractivity contribution < 1.29 is 9.90 Å². The molecule has 0 fully saturated rings. The Labute approximate surface area is 81.8 Å². The van der Waals surface area contributed by atoms with Gasteiger partial charge in [-0.05, 0) is 27.5 Å². The summed E-state index contributed by atoms with van der Waals surface area (Å²) in [6.07, 6.45) is 0. The summed E-state index contributed by atoms with van der Waals surface area (Å²) in [4.78, 5) is 13.2. The number of rotatable bonds is 2. The Bertz CT molecular complexity index is 399. The number of azide groups is 1. The summed E-state index contributed by atoms with van der Waals surface area (Å²) in [5.41, 5.74) is 8.24. The van der Waals surface area contributed by atoms with E-state index in [4.69, 9.17) is 10.6 Å². The minimum Gasteiger partial charge on any atom is -0.478 e. The van der Waals surface area contributed by atoms with Crippen LogP contribution in [0, 0.1) is 0 Å². The molecule has 0 saturated carbocycles. The highest BCUT2D eigenvalue weighted by atomic mass is 79.9. The summed E-state index contributed by atoms with van der Waals surface area (Å²) >= 11 is 3.05. The molecule has 0 amide bonds. The lowest BCUT2D eigenvalue weighted by Crippen LogP contribution is -1.97. The van der Waals surface area contributed by atoms with Crippen molar-refractivity contribution in [2.24, 2.45) is 5.11 Å². The first-order chi connectivity index (χ1) is 6.16. The number of hydrogen-bond acceptors (Lipinski definition) is 2. The van der Waals surface area contributed by atoms with Gasteiger partial charge in [0.05, 0.1) is 11.3 Å². The molecule has 5 nitrogen and oxygen atoms in total. The number of halogens is 1. The van der Waals surface area contributed by atoms with Crippen molar-refractivity contribution >= 4 is 27.6 Å². The number of benzene rings is 1. The van der Waals surface area contributed by atoms with Gasteiger partial charge in [-0.15, -0.1) is 0 Å². The van der Waals surface area contributed by atoms with Crippen molar-refractivity contribution in [2.75, 3.05) is 0 Å². The molecule has 0 radical (unpaired) electrons. The van der Waals surface area contributed by atoms with E-state index in [0.29, 0.717) is 4.47 Å². The molecule has 0 aliphatic rings. The molecular formula is C7H4BrN3O2. The summed E-state index contributed by atoms with van der Waals surface area (Å²) in [5.74, 6) is -1.13. The van der Waals surface area contributed by atoms with Crippen molar-refractivity contribution in [3.63, 3.8) is 0 Å². The number of aromatic carboxylic acids is 1. The molecule has 6 heteroatoms. The van der Waals surface area contributed by atoms with Crippen molar-refractivity contribution in [1.29, 1.82) is 0 Å². The monoisotopic (exact) mass is 241 g/mol. The Balaban J connectivity index is 3.42. The van der Waals surface area contributed by atoms with Crippen molar-refractivity contribution in [1.82, 2.24) is 0 Å². The number of nitrogens with zero attached hydrogens (tertiary/aromatic N) is 3. The minimum atomic E-state index is -1.13.